The number of hydrogen-bond donors (Lipinski definition) is 1. The molecule has 1 unspecified atom stereocenters. The number of rotatable bonds is 2. The van der Waals surface area contributed by atoms with Crippen molar-refractivity contribution in [2.75, 3.05) is 18.0 Å². The predicted octanol–water partition coefficient (Wildman–Crippen LogP) is 1.83. The third-order valence-corrected chi connectivity index (χ3v) is 3.33. The van der Waals surface area contributed by atoms with Gasteiger partial charge in [0.25, 0.3) is 0 Å². The minimum atomic E-state index is -0.227. The summed E-state index contributed by atoms with van der Waals surface area (Å²) in [5, 5.41) is 9.42. The van der Waals surface area contributed by atoms with E-state index in [-0.39, 0.29) is 6.10 Å². The molecule has 1 aromatic rings. The average Bonchev–Trinajstić information content (AvgIpc) is 2.65. The maximum absolute atomic E-state index is 10.6. The van der Waals surface area contributed by atoms with Crippen molar-refractivity contribution in [1.29, 1.82) is 0 Å². The van der Waals surface area contributed by atoms with Crippen LogP contribution in [-0.2, 0) is 0 Å². The standard InChI is InChI=1S/C11H12BrNO2/c12-11-5-9(2-1-8(11)7-14)13-4-3-10(15)6-13/h1-2,5,7,10,15H,3-4,6H2. The number of carbonyl (C=O) groups excluding carboxylic acids is 1. The maximum Gasteiger partial charge on any atom is 0.151 e. The summed E-state index contributed by atoms with van der Waals surface area (Å²) < 4.78 is 0.802. The molecule has 2 rings (SSSR count). The lowest BCUT2D eigenvalue weighted by Crippen LogP contribution is -2.21. The van der Waals surface area contributed by atoms with Crippen LogP contribution in [0.1, 0.15) is 16.8 Å². The van der Waals surface area contributed by atoms with Gasteiger partial charge in [0.15, 0.2) is 6.29 Å². The molecule has 0 radical (unpaired) electrons. The van der Waals surface area contributed by atoms with Gasteiger partial charge in [0.2, 0.25) is 0 Å². The Hall–Kier alpha value is -0.870. The third-order valence-electron chi connectivity index (χ3n) is 2.64. The van der Waals surface area contributed by atoms with Gasteiger partial charge in [0.05, 0.1) is 6.10 Å². The van der Waals surface area contributed by atoms with Crippen LogP contribution in [0, 0.1) is 0 Å². The monoisotopic (exact) mass is 269 g/mol. The molecular weight excluding hydrogens is 258 g/mol. The molecule has 1 fully saturated rings. The van der Waals surface area contributed by atoms with Crippen LogP contribution >= 0.6 is 15.9 Å². The highest BCUT2D eigenvalue weighted by Crippen LogP contribution is 2.25. The van der Waals surface area contributed by atoms with E-state index in [1.165, 1.54) is 0 Å². The second-order valence-electron chi connectivity index (χ2n) is 3.71. The number of nitrogens with zero attached hydrogens (tertiary/aromatic N) is 1. The first kappa shape index (κ1) is 10.6. The van der Waals surface area contributed by atoms with Gasteiger partial charge in [0.1, 0.15) is 0 Å². The van der Waals surface area contributed by atoms with E-state index < -0.39 is 0 Å². The van der Waals surface area contributed by atoms with E-state index in [2.05, 4.69) is 20.8 Å². The fourth-order valence-electron chi connectivity index (χ4n) is 1.78. The Labute approximate surface area is 96.8 Å². The molecule has 1 aromatic carbocycles. The van der Waals surface area contributed by atoms with Crippen molar-refractivity contribution in [3.63, 3.8) is 0 Å². The lowest BCUT2D eigenvalue weighted by atomic mass is 10.2. The van der Waals surface area contributed by atoms with E-state index in [0.717, 1.165) is 29.4 Å². The van der Waals surface area contributed by atoms with E-state index in [4.69, 9.17) is 0 Å². The van der Waals surface area contributed by atoms with Gasteiger partial charge < -0.3 is 10.0 Å². The molecule has 15 heavy (non-hydrogen) atoms. The fraction of sp³-hybridized carbons (Fsp3) is 0.364. The van der Waals surface area contributed by atoms with Crippen LogP contribution in [-0.4, -0.2) is 30.6 Å². The number of β-amino-alcohol motifs (C(OH)–C–C–N with tert-alkyl or cyclic N) is 1. The average molecular weight is 270 g/mol. The molecule has 3 nitrogen and oxygen atoms in total. The Morgan fingerprint density at radius 2 is 2.33 bits per heavy atom. The van der Waals surface area contributed by atoms with Crippen LogP contribution in [0.4, 0.5) is 5.69 Å². The molecule has 0 aliphatic carbocycles. The second kappa shape index (κ2) is 4.33. The van der Waals surface area contributed by atoms with Gasteiger partial charge in [-0.1, -0.05) is 0 Å². The number of carbonyl (C=O) groups is 1. The number of aldehydes is 1. The Morgan fingerprint density at radius 3 is 2.87 bits per heavy atom. The SMILES string of the molecule is O=Cc1ccc(N2CCC(O)C2)cc1Br. The fourth-order valence-corrected chi connectivity index (χ4v) is 2.24. The number of hydrogen-bond acceptors (Lipinski definition) is 3. The van der Waals surface area contributed by atoms with Crippen molar-refractivity contribution < 1.29 is 9.90 Å². The Kier molecular flexibility index (Phi) is 3.07. The van der Waals surface area contributed by atoms with Gasteiger partial charge >= 0.3 is 0 Å². The van der Waals surface area contributed by atoms with Crippen molar-refractivity contribution in [3.05, 3.63) is 28.2 Å². The van der Waals surface area contributed by atoms with Gasteiger partial charge in [-0.15, -0.1) is 0 Å². The van der Waals surface area contributed by atoms with Gasteiger partial charge in [-0.25, -0.2) is 0 Å². The summed E-state index contributed by atoms with van der Waals surface area (Å²) in [5.41, 5.74) is 1.70. The first-order valence-electron chi connectivity index (χ1n) is 4.88. The first-order valence-corrected chi connectivity index (χ1v) is 5.68. The molecule has 0 spiro atoms. The van der Waals surface area contributed by atoms with E-state index in [1.54, 1.807) is 6.07 Å². The third kappa shape index (κ3) is 2.21. The number of aliphatic hydroxyl groups is 1. The molecule has 4 heteroatoms. The van der Waals surface area contributed by atoms with Crippen LogP contribution in [0.25, 0.3) is 0 Å². The summed E-state index contributed by atoms with van der Waals surface area (Å²) in [6.07, 6.45) is 1.41. The summed E-state index contributed by atoms with van der Waals surface area (Å²) in [6, 6.07) is 5.62. The Morgan fingerprint density at radius 1 is 1.53 bits per heavy atom. The highest BCUT2D eigenvalue weighted by atomic mass is 79.9. The van der Waals surface area contributed by atoms with E-state index in [0.29, 0.717) is 12.1 Å². The first-order chi connectivity index (χ1) is 7.20. The Balaban J connectivity index is 2.22. The molecule has 0 bridgehead atoms. The van der Waals surface area contributed by atoms with Crippen LogP contribution in [0.3, 0.4) is 0 Å². The summed E-state index contributed by atoms with van der Waals surface area (Å²) in [6.45, 7) is 1.54. The molecular formula is C11H12BrNO2. The van der Waals surface area contributed by atoms with Crippen LogP contribution in [0.15, 0.2) is 22.7 Å². The van der Waals surface area contributed by atoms with Crippen molar-refractivity contribution in [1.82, 2.24) is 0 Å². The molecule has 1 heterocycles. The van der Waals surface area contributed by atoms with E-state index in [1.807, 2.05) is 12.1 Å². The maximum atomic E-state index is 10.6. The molecule has 0 saturated carbocycles. The van der Waals surface area contributed by atoms with Gasteiger partial charge in [0, 0.05) is 28.8 Å². The smallest absolute Gasteiger partial charge is 0.151 e. The van der Waals surface area contributed by atoms with Crippen LogP contribution < -0.4 is 4.90 Å². The predicted molar refractivity (Wildman–Crippen MR) is 62.4 cm³/mol. The molecule has 1 atom stereocenters. The van der Waals surface area contributed by atoms with Gasteiger partial charge in [-0.3, -0.25) is 4.79 Å². The molecule has 80 valence electrons. The number of halogens is 1. The zero-order valence-electron chi connectivity index (χ0n) is 8.19. The van der Waals surface area contributed by atoms with Crippen molar-refractivity contribution in [2.24, 2.45) is 0 Å². The highest BCUT2D eigenvalue weighted by molar-refractivity contribution is 9.10. The summed E-state index contributed by atoms with van der Waals surface area (Å²) in [4.78, 5) is 12.7. The minimum Gasteiger partial charge on any atom is -0.391 e. The molecule has 1 saturated heterocycles. The van der Waals surface area contributed by atoms with E-state index in [9.17, 15) is 9.90 Å². The minimum absolute atomic E-state index is 0.227. The normalized spacial score (nSPS) is 20.7. The summed E-state index contributed by atoms with van der Waals surface area (Å²) in [5.74, 6) is 0. The zero-order valence-corrected chi connectivity index (χ0v) is 9.77. The lowest BCUT2D eigenvalue weighted by molar-refractivity contribution is 0.112. The molecule has 0 aromatic heterocycles. The molecule has 1 aliphatic rings. The number of anilines is 1. The molecule has 0 amide bonds. The largest absolute Gasteiger partial charge is 0.391 e. The summed E-state index contributed by atoms with van der Waals surface area (Å²) in [7, 11) is 0. The number of benzene rings is 1. The van der Waals surface area contributed by atoms with Crippen LogP contribution in [0.2, 0.25) is 0 Å². The van der Waals surface area contributed by atoms with Gasteiger partial charge in [-0.2, -0.15) is 0 Å². The van der Waals surface area contributed by atoms with Crippen molar-refractivity contribution in [3.8, 4) is 0 Å². The molecule has 1 N–H and O–H groups in total. The highest BCUT2D eigenvalue weighted by Gasteiger charge is 2.20. The van der Waals surface area contributed by atoms with E-state index >= 15 is 0 Å². The Bertz CT molecular complexity index is 381. The zero-order chi connectivity index (χ0) is 10.8. The topological polar surface area (TPSA) is 40.5 Å². The number of aliphatic hydroxyl groups excluding tert-OH is 1. The lowest BCUT2D eigenvalue weighted by Gasteiger charge is -2.18. The molecule has 1 aliphatic heterocycles. The second-order valence-corrected chi connectivity index (χ2v) is 4.57. The van der Waals surface area contributed by atoms with Crippen molar-refractivity contribution in [2.45, 2.75) is 12.5 Å². The van der Waals surface area contributed by atoms with Crippen LogP contribution in [0.5, 0.6) is 0 Å². The van der Waals surface area contributed by atoms with Crippen molar-refractivity contribution >= 4 is 27.9 Å². The quantitative estimate of drug-likeness (QED) is 0.833. The summed E-state index contributed by atoms with van der Waals surface area (Å²) >= 11 is 3.35. The van der Waals surface area contributed by atoms with Gasteiger partial charge in [-0.05, 0) is 40.5 Å².